The monoisotopic (exact) mass is 332 g/mol. The summed E-state index contributed by atoms with van der Waals surface area (Å²) in [4.78, 5) is 4.48. The minimum absolute atomic E-state index is 0.0849. The van der Waals surface area contributed by atoms with Gasteiger partial charge in [0.25, 0.3) is 0 Å². The van der Waals surface area contributed by atoms with Crippen molar-refractivity contribution in [3.63, 3.8) is 0 Å². The highest BCUT2D eigenvalue weighted by molar-refractivity contribution is 7.91. The number of fused-ring (bicyclic) bond motifs is 1. The number of aromatic nitrogens is 1. The van der Waals surface area contributed by atoms with Crippen molar-refractivity contribution in [3.05, 3.63) is 42.1 Å². The van der Waals surface area contributed by atoms with Crippen molar-refractivity contribution >= 4 is 20.7 Å². The molecule has 0 saturated heterocycles. The van der Waals surface area contributed by atoms with Gasteiger partial charge in [-0.1, -0.05) is 37.1 Å². The number of para-hydroxylation sites is 1. The van der Waals surface area contributed by atoms with E-state index in [0.29, 0.717) is 0 Å². The van der Waals surface area contributed by atoms with Crippen molar-refractivity contribution in [2.75, 3.05) is 12.8 Å². The Hall–Kier alpha value is -1.46. The molecule has 1 saturated carbocycles. The predicted octanol–water partition coefficient (Wildman–Crippen LogP) is 2.72. The second-order valence-corrected chi connectivity index (χ2v) is 8.72. The Morgan fingerprint density at radius 2 is 1.96 bits per heavy atom. The summed E-state index contributed by atoms with van der Waals surface area (Å²) in [5, 5.41) is 4.40. The summed E-state index contributed by atoms with van der Waals surface area (Å²) in [6.45, 7) is 0.784. The number of benzene rings is 1. The zero-order chi connectivity index (χ0) is 16.3. The molecule has 124 valence electrons. The largest absolute Gasteiger partial charge is 0.312 e. The van der Waals surface area contributed by atoms with Crippen LogP contribution >= 0.6 is 0 Å². The van der Waals surface area contributed by atoms with Gasteiger partial charge in [0.15, 0.2) is 9.84 Å². The van der Waals surface area contributed by atoms with Crippen LogP contribution in [0.1, 0.15) is 31.2 Å². The predicted molar refractivity (Wildman–Crippen MR) is 94.3 cm³/mol. The van der Waals surface area contributed by atoms with Crippen LogP contribution in [0.15, 0.2) is 36.5 Å². The Morgan fingerprint density at radius 3 is 2.78 bits per heavy atom. The first-order chi connectivity index (χ1) is 11.1. The molecule has 0 unspecified atom stereocenters. The SMILES string of the molecule is CS(=O)(=O)[C@H]1CCCC[C@@H]1NCCc1cccc2cccnc12. The number of hydrogen-bond donors (Lipinski definition) is 1. The van der Waals surface area contributed by atoms with Gasteiger partial charge in [-0.25, -0.2) is 8.42 Å². The van der Waals surface area contributed by atoms with Crippen LogP contribution in [0, 0.1) is 0 Å². The molecule has 1 heterocycles. The van der Waals surface area contributed by atoms with E-state index in [0.717, 1.165) is 49.6 Å². The lowest BCUT2D eigenvalue weighted by Gasteiger charge is -2.31. The highest BCUT2D eigenvalue weighted by atomic mass is 32.2. The van der Waals surface area contributed by atoms with Crippen LogP contribution in [0.25, 0.3) is 10.9 Å². The average Bonchev–Trinajstić information content (AvgIpc) is 2.55. The van der Waals surface area contributed by atoms with E-state index in [-0.39, 0.29) is 11.3 Å². The lowest BCUT2D eigenvalue weighted by molar-refractivity contribution is 0.374. The molecule has 1 fully saturated rings. The molecular weight excluding hydrogens is 308 g/mol. The summed E-state index contributed by atoms with van der Waals surface area (Å²) in [5.41, 5.74) is 2.25. The third-order valence-electron chi connectivity index (χ3n) is 4.77. The van der Waals surface area contributed by atoms with Gasteiger partial charge in [0.2, 0.25) is 0 Å². The zero-order valence-corrected chi connectivity index (χ0v) is 14.3. The Bertz CT molecular complexity index is 768. The van der Waals surface area contributed by atoms with Crippen LogP contribution in [0.4, 0.5) is 0 Å². The molecule has 0 spiro atoms. The molecular formula is C18H24N2O2S. The molecule has 1 aliphatic carbocycles. The van der Waals surface area contributed by atoms with Crippen LogP contribution in [0.2, 0.25) is 0 Å². The minimum Gasteiger partial charge on any atom is -0.312 e. The number of nitrogens with one attached hydrogen (secondary N) is 1. The fourth-order valence-electron chi connectivity index (χ4n) is 3.60. The van der Waals surface area contributed by atoms with Crippen LogP contribution in [0.3, 0.4) is 0 Å². The van der Waals surface area contributed by atoms with E-state index in [9.17, 15) is 8.42 Å². The van der Waals surface area contributed by atoms with Crippen LogP contribution in [-0.4, -0.2) is 37.5 Å². The van der Waals surface area contributed by atoms with Gasteiger partial charge in [0.1, 0.15) is 0 Å². The minimum atomic E-state index is -2.98. The maximum Gasteiger partial charge on any atom is 0.151 e. The zero-order valence-electron chi connectivity index (χ0n) is 13.5. The first kappa shape index (κ1) is 16.4. The number of rotatable bonds is 5. The van der Waals surface area contributed by atoms with Gasteiger partial charge in [-0.2, -0.15) is 0 Å². The third kappa shape index (κ3) is 3.90. The molecule has 1 N–H and O–H groups in total. The molecule has 3 rings (SSSR count). The van der Waals surface area contributed by atoms with E-state index < -0.39 is 9.84 Å². The molecule has 1 aliphatic rings. The molecule has 0 bridgehead atoms. The summed E-state index contributed by atoms with van der Waals surface area (Å²) in [7, 11) is -2.98. The summed E-state index contributed by atoms with van der Waals surface area (Å²) in [5.74, 6) is 0. The number of pyridine rings is 1. The average molecular weight is 332 g/mol. The van der Waals surface area contributed by atoms with E-state index in [1.54, 1.807) is 0 Å². The van der Waals surface area contributed by atoms with Gasteiger partial charge in [-0.3, -0.25) is 4.98 Å². The van der Waals surface area contributed by atoms with Gasteiger partial charge in [-0.05, 0) is 37.4 Å². The molecule has 23 heavy (non-hydrogen) atoms. The van der Waals surface area contributed by atoms with E-state index in [2.05, 4.69) is 34.6 Å². The molecule has 0 radical (unpaired) electrons. The Labute approximate surface area is 138 Å². The molecule has 2 aromatic rings. The van der Waals surface area contributed by atoms with Crippen molar-refractivity contribution in [1.82, 2.24) is 10.3 Å². The first-order valence-electron chi connectivity index (χ1n) is 8.30. The van der Waals surface area contributed by atoms with Crippen LogP contribution in [0.5, 0.6) is 0 Å². The van der Waals surface area contributed by atoms with Crippen molar-refractivity contribution in [2.24, 2.45) is 0 Å². The fraction of sp³-hybridized carbons (Fsp3) is 0.500. The number of nitrogens with zero attached hydrogens (tertiary/aromatic N) is 1. The van der Waals surface area contributed by atoms with Crippen LogP contribution < -0.4 is 5.32 Å². The highest BCUT2D eigenvalue weighted by Gasteiger charge is 2.32. The Kier molecular flexibility index (Phi) is 4.97. The van der Waals surface area contributed by atoms with E-state index in [1.165, 1.54) is 11.8 Å². The third-order valence-corrected chi connectivity index (χ3v) is 6.43. The molecule has 2 atom stereocenters. The summed E-state index contributed by atoms with van der Waals surface area (Å²) < 4.78 is 23.9. The summed E-state index contributed by atoms with van der Waals surface area (Å²) in [6.07, 6.45) is 7.91. The maximum absolute atomic E-state index is 12.0. The Morgan fingerprint density at radius 1 is 1.17 bits per heavy atom. The normalized spacial score (nSPS) is 22.3. The van der Waals surface area contributed by atoms with Gasteiger partial charge in [0.05, 0.1) is 10.8 Å². The van der Waals surface area contributed by atoms with Gasteiger partial charge < -0.3 is 5.32 Å². The molecule has 1 aromatic carbocycles. The van der Waals surface area contributed by atoms with E-state index >= 15 is 0 Å². The first-order valence-corrected chi connectivity index (χ1v) is 10.3. The number of sulfone groups is 1. The molecule has 0 amide bonds. The quantitative estimate of drug-likeness (QED) is 0.914. The fourth-order valence-corrected chi connectivity index (χ4v) is 5.03. The van der Waals surface area contributed by atoms with Crippen LogP contribution in [-0.2, 0) is 16.3 Å². The topological polar surface area (TPSA) is 59.1 Å². The van der Waals surface area contributed by atoms with E-state index in [4.69, 9.17) is 0 Å². The molecule has 0 aliphatic heterocycles. The second-order valence-electron chi connectivity index (χ2n) is 6.46. The summed E-state index contributed by atoms with van der Waals surface area (Å²) >= 11 is 0. The van der Waals surface area contributed by atoms with E-state index in [1.807, 2.05) is 12.3 Å². The van der Waals surface area contributed by atoms with Gasteiger partial charge in [-0.15, -0.1) is 0 Å². The van der Waals surface area contributed by atoms with Crippen molar-refractivity contribution in [2.45, 2.75) is 43.4 Å². The second kappa shape index (κ2) is 6.97. The van der Waals surface area contributed by atoms with Gasteiger partial charge in [0, 0.05) is 23.9 Å². The Balaban J connectivity index is 1.66. The highest BCUT2D eigenvalue weighted by Crippen LogP contribution is 2.24. The molecule has 1 aromatic heterocycles. The lowest BCUT2D eigenvalue weighted by Crippen LogP contribution is -2.46. The molecule has 5 heteroatoms. The van der Waals surface area contributed by atoms with Gasteiger partial charge >= 0.3 is 0 Å². The maximum atomic E-state index is 12.0. The van der Waals surface area contributed by atoms with Crippen molar-refractivity contribution in [3.8, 4) is 0 Å². The summed E-state index contributed by atoms with van der Waals surface area (Å²) in [6, 6.07) is 10.3. The van der Waals surface area contributed by atoms with Crippen molar-refractivity contribution < 1.29 is 8.42 Å². The smallest absolute Gasteiger partial charge is 0.151 e. The number of hydrogen-bond acceptors (Lipinski definition) is 4. The van der Waals surface area contributed by atoms with Crippen molar-refractivity contribution in [1.29, 1.82) is 0 Å². The lowest BCUT2D eigenvalue weighted by atomic mass is 9.94. The molecule has 4 nitrogen and oxygen atoms in total. The standard InChI is InChI=1S/C18H24N2O2S/c1-23(21,22)17-10-3-2-9-16(17)19-13-11-15-7-4-6-14-8-5-12-20-18(14)15/h4-8,12,16-17,19H,2-3,9-11,13H2,1H3/t16-,17-/m0/s1.